The Hall–Kier alpha value is -1.71. The van der Waals surface area contributed by atoms with Crippen molar-refractivity contribution in [2.24, 2.45) is 0 Å². The Morgan fingerprint density at radius 1 is 1.10 bits per heavy atom. The molecule has 1 N–H and O–H groups in total. The van der Waals surface area contributed by atoms with Gasteiger partial charge in [0.2, 0.25) is 0 Å². The van der Waals surface area contributed by atoms with Gasteiger partial charge in [0.1, 0.15) is 11.9 Å². The summed E-state index contributed by atoms with van der Waals surface area (Å²) < 4.78 is 14.5. The van der Waals surface area contributed by atoms with Crippen molar-refractivity contribution in [3.05, 3.63) is 69.8 Å². The van der Waals surface area contributed by atoms with Crippen LogP contribution in [0.4, 0.5) is 4.39 Å². The van der Waals surface area contributed by atoms with Crippen molar-refractivity contribution in [1.82, 2.24) is 0 Å². The average Bonchev–Trinajstić information content (AvgIpc) is 2.81. The van der Waals surface area contributed by atoms with E-state index in [0.717, 1.165) is 32.3 Å². The maximum absolute atomic E-state index is 13.4. The second kappa shape index (κ2) is 5.00. The first kappa shape index (κ1) is 13.3. The number of halogens is 1. The molecule has 0 bridgehead atoms. The summed E-state index contributed by atoms with van der Waals surface area (Å²) in [5, 5.41) is 13.8. The van der Waals surface area contributed by atoms with Crippen molar-refractivity contribution in [1.29, 1.82) is 0 Å². The van der Waals surface area contributed by atoms with Gasteiger partial charge in [-0.3, -0.25) is 0 Å². The topological polar surface area (TPSA) is 20.2 Å². The number of hydrogen-bond donors (Lipinski definition) is 1. The highest BCUT2D eigenvalue weighted by atomic mass is 32.1. The highest BCUT2D eigenvalue weighted by Crippen LogP contribution is 2.35. The minimum atomic E-state index is -0.716. The average molecular weight is 286 g/mol. The van der Waals surface area contributed by atoms with E-state index in [0.29, 0.717) is 0 Å². The SMILES string of the molecule is Cc1cc(F)cc(C)c1C(O)c1csc2ccccc12. The lowest BCUT2D eigenvalue weighted by Crippen LogP contribution is -2.04. The van der Waals surface area contributed by atoms with E-state index in [-0.39, 0.29) is 5.82 Å². The summed E-state index contributed by atoms with van der Waals surface area (Å²) >= 11 is 1.62. The van der Waals surface area contributed by atoms with Crippen molar-refractivity contribution in [3.63, 3.8) is 0 Å². The van der Waals surface area contributed by atoms with Crippen molar-refractivity contribution >= 4 is 21.4 Å². The molecule has 3 heteroatoms. The monoisotopic (exact) mass is 286 g/mol. The van der Waals surface area contributed by atoms with Crippen molar-refractivity contribution in [2.75, 3.05) is 0 Å². The standard InChI is InChI=1S/C17H15FOS/c1-10-7-12(18)8-11(2)16(10)17(19)14-9-20-15-6-4-3-5-13(14)15/h3-9,17,19H,1-2H3. The Bertz CT molecular complexity index is 753. The molecule has 20 heavy (non-hydrogen) atoms. The van der Waals surface area contributed by atoms with E-state index < -0.39 is 6.10 Å². The van der Waals surface area contributed by atoms with Gasteiger partial charge in [0.05, 0.1) is 0 Å². The Balaban J connectivity index is 2.16. The number of thiophene rings is 1. The third-order valence-corrected chi connectivity index (χ3v) is 4.62. The molecule has 0 saturated heterocycles. The van der Waals surface area contributed by atoms with Gasteiger partial charge in [-0.05, 0) is 59.5 Å². The molecule has 1 atom stereocenters. The summed E-state index contributed by atoms with van der Waals surface area (Å²) in [4.78, 5) is 0. The number of aliphatic hydroxyl groups is 1. The second-order valence-electron chi connectivity index (χ2n) is 5.04. The molecule has 0 fully saturated rings. The highest BCUT2D eigenvalue weighted by Gasteiger charge is 2.19. The number of aryl methyl sites for hydroxylation is 2. The first-order valence-corrected chi connectivity index (χ1v) is 7.36. The van der Waals surface area contributed by atoms with E-state index in [1.807, 2.05) is 43.5 Å². The molecule has 0 aliphatic heterocycles. The molecular weight excluding hydrogens is 271 g/mol. The van der Waals surface area contributed by atoms with Crippen molar-refractivity contribution in [3.8, 4) is 0 Å². The van der Waals surface area contributed by atoms with Gasteiger partial charge in [0, 0.05) is 10.3 Å². The Morgan fingerprint density at radius 2 is 1.75 bits per heavy atom. The van der Waals surface area contributed by atoms with Crippen LogP contribution in [0, 0.1) is 19.7 Å². The summed E-state index contributed by atoms with van der Waals surface area (Å²) in [5.41, 5.74) is 3.26. The fourth-order valence-corrected chi connectivity index (χ4v) is 3.70. The van der Waals surface area contributed by atoms with Crippen LogP contribution in [0.2, 0.25) is 0 Å². The van der Waals surface area contributed by atoms with Gasteiger partial charge < -0.3 is 5.11 Å². The zero-order chi connectivity index (χ0) is 14.3. The fourth-order valence-electron chi connectivity index (χ4n) is 2.72. The van der Waals surface area contributed by atoms with Gasteiger partial charge >= 0.3 is 0 Å². The lowest BCUT2D eigenvalue weighted by Gasteiger charge is -2.16. The van der Waals surface area contributed by atoms with E-state index in [1.54, 1.807) is 11.3 Å². The molecule has 1 unspecified atom stereocenters. The quantitative estimate of drug-likeness (QED) is 0.721. The molecule has 0 radical (unpaired) electrons. The van der Waals surface area contributed by atoms with Crippen LogP contribution in [0.3, 0.4) is 0 Å². The maximum atomic E-state index is 13.4. The summed E-state index contributed by atoms with van der Waals surface area (Å²) in [6, 6.07) is 11.0. The van der Waals surface area contributed by atoms with Gasteiger partial charge in [-0.1, -0.05) is 18.2 Å². The van der Waals surface area contributed by atoms with Gasteiger partial charge in [-0.15, -0.1) is 11.3 Å². The minimum absolute atomic E-state index is 0.258. The van der Waals surface area contributed by atoms with E-state index in [4.69, 9.17) is 0 Å². The fraction of sp³-hybridized carbons (Fsp3) is 0.176. The second-order valence-corrected chi connectivity index (χ2v) is 5.95. The van der Waals surface area contributed by atoms with E-state index in [2.05, 4.69) is 0 Å². The van der Waals surface area contributed by atoms with E-state index in [1.165, 1.54) is 12.1 Å². The molecule has 0 aliphatic rings. The number of fused-ring (bicyclic) bond motifs is 1. The largest absolute Gasteiger partial charge is 0.384 e. The van der Waals surface area contributed by atoms with Crippen LogP contribution < -0.4 is 0 Å². The maximum Gasteiger partial charge on any atom is 0.123 e. The molecule has 3 aromatic rings. The van der Waals surface area contributed by atoms with Gasteiger partial charge in [0.15, 0.2) is 0 Å². The zero-order valence-electron chi connectivity index (χ0n) is 11.4. The predicted molar refractivity (Wildman–Crippen MR) is 81.8 cm³/mol. The Labute approximate surface area is 121 Å². The molecule has 3 rings (SSSR count). The predicted octanol–water partition coefficient (Wildman–Crippen LogP) is 4.74. The van der Waals surface area contributed by atoms with Crippen molar-refractivity contribution in [2.45, 2.75) is 20.0 Å². The summed E-state index contributed by atoms with van der Waals surface area (Å²) in [6.45, 7) is 3.67. The zero-order valence-corrected chi connectivity index (χ0v) is 12.2. The molecule has 0 spiro atoms. The number of aliphatic hydroxyl groups excluding tert-OH is 1. The molecule has 1 heterocycles. The van der Waals surface area contributed by atoms with E-state index >= 15 is 0 Å². The van der Waals surface area contributed by atoms with E-state index in [9.17, 15) is 9.50 Å². The molecule has 0 saturated carbocycles. The first-order chi connectivity index (χ1) is 9.58. The lowest BCUT2D eigenvalue weighted by atomic mass is 9.93. The minimum Gasteiger partial charge on any atom is -0.384 e. The van der Waals surface area contributed by atoms with Crippen LogP contribution in [0.5, 0.6) is 0 Å². The van der Waals surface area contributed by atoms with Gasteiger partial charge in [-0.25, -0.2) is 4.39 Å². The first-order valence-electron chi connectivity index (χ1n) is 6.49. The molecule has 2 aromatic carbocycles. The third kappa shape index (κ3) is 2.13. The molecule has 1 nitrogen and oxygen atoms in total. The number of rotatable bonds is 2. The molecule has 1 aromatic heterocycles. The molecular formula is C17H15FOS. The van der Waals surface area contributed by atoms with Crippen LogP contribution in [0.1, 0.15) is 28.4 Å². The molecule has 0 aliphatic carbocycles. The Kier molecular flexibility index (Phi) is 3.32. The Morgan fingerprint density at radius 3 is 2.45 bits per heavy atom. The van der Waals surface area contributed by atoms with Crippen LogP contribution in [0.25, 0.3) is 10.1 Å². The number of hydrogen-bond acceptors (Lipinski definition) is 2. The normalized spacial score (nSPS) is 12.8. The molecule has 0 amide bonds. The molecule has 102 valence electrons. The van der Waals surface area contributed by atoms with Crippen molar-refractivity contribution < 1.29 is 9.50 Å². The van der Waals surface area contributed by atoms with Gasteiger partial charge in [-0.2, -0.15) is 0 Å². The van der Waals surface area contributed by atoms with Gasteiger partial charge in [0.25, 0.3) is 0 Å². The highest BCUT2D eigenvalue weighted by molar-refractivity contribution is 7.17. The smallest absolute Gasteiger partial charge is 0.123 e. The van der Waals surface area contributed by atoms with Crippen LogP contribution in [-0.4, -0.2) is 5.11 Å². The third-order valence-electron chi connectivity index (χ3n) is 3.64. The van der Waals surface area contributed by atoms with Crippen LogP contribution in [0.15, 0.2) is 41.8 Å². The van der Waals surface area contributed by atoms with Crippen LogP contribution in [-0.2, 0) is 0 Å². The summed E-state index contributed by atoms with van der Waals surface area (Å²) in [7, 11) is 0. The summed E-state index contributed by atoms with van der Waals surface area (Å²) in [6.07, 6.45) is -0.716. The lowest BCUT2D eigenvalue weighted by molar-refractivity contribution is 0.220. The summed E-state index contributed by atoms with van der Waals surface area (Å²) in [5.74, 6) is -0.258. The number of benzene rings is 2. The van der Waals surface area contributed by atoms with Crippen LogP contribution >= 0.6 is 11.3 Å².